The van der Waals surface area contributed by atoms with E-state index in [0.29, 0.717) is 11.9 Å². The summed E-state index contributed by atoms with van der Waals surface area (Å²) in [7, 11) is 0. The Labute approximate surface area is 108 Å². The molecule has 2 heteroatoms. The Morgan fingerprint density at radius 2 is 1.88 bits per heavy atom. The zero-order chi connectivity index (χ0) is 12.7. The molecular formula is C14H27BS. The van der Waals surface area contributed by atoms with Crippen molar-refractivity contribution < 1.29 is 0 Å². The molecule has 0 aliphatic rings. The highest BCUT2D eigenvalue weighted by atomic mass is 32.1. The molecule has 0 aromatic carbocycles. The summed E-state index contributed by atoms with van der Waals surface area (Å²) in [4.78, 5) is 0. The Kier molecular flexibility index (Phi) is 8.00. The van der Waals surface area contributed by atoms with E-state index in [4.69, 9.17) is 0 Å². The van der Waals surface area contributed by atoms with Gasteiger partial charge in [0, 0.05) is 0 Å². The van der Waals surface area contributed by atoms with Crippen molar-refractivity contribution in [1.29, 1.82) is 0 Å². The lowest BCUT2D eigenvalue weighted by Crippen LogP contribution is -2.09. The van der Waals surface area contributed by atoms with E-state index < -0.39 is 0 Å². The Hall–Kier alpha value is -0.105. The summed E-state index contributed by atoms with van der Waals surface area (Å²) < 4.78 is 0. The molecule has 0 N–H and O–H groups in total. The molecule has 0 aliphatic carbocycles. The molecule has 0 aliphatic heterocycles. The lowest BCUT2D eigenvalue weighted by molar-refractivity contribution is 0.640. The summed E-state index contributed by atoms with van der Waals surface area (Å²) in [5.41, 5.74) is 4.35. The largest absolute Gasteiger partial charge is 0.236 e. The van der Waals surface area contributed by atoms with Gasteiger partial charge in [0.1, 0.15) is 0 Å². The van der Waals surface area contributed by atoms with Crippen molar-refractivity contribution in [2.45, 2.75) is 60.2 Å². The van der Waals surface area contributed by atoms with Crippen LogP contribution in [0.2, 0.25) is 6.32 Å². The molecule has 0 spiro atoms. The Morgan fingerprint density at radius 1 is 1.31 bits per heavy atom. The van der Waals surface area contributed by atoms with E-state index in [1.807, 2.05) is 0 Å². The van der Waals surface area contributed by atoms with Crippen molar-refractivity contribution in [3.63, 3.8) is 0 Å². The molecule has 0 nitrogen and oxygen atoms in total. The van der Waals surface area contributed by atoms with Gasteiger partial charge in [-0.2, -0.15) is 0 Å². The molecule has 0 rings (SSSR count). The molecule has 0 radical (unpaired) electrons. The molecule has 0 bridgehead atoms. The van der Waals surface area contributed by atoms with Gasteiger partial charge in [-0.05, 0) is 32.0 Å². The predicted molar refractivity (Wildman–Crippen MR) is 81.4 cm³/mol. The van der Waals surface area contributed by atoms with E-state index >= 15 is 0 Å². The van der Waals surface area contributed by atoms with Gasteiger partial charge in [0.25, 0.3) is 0 Å². The van der Waals surface area contributed by atoms with Crippen LogP contribution in [0.3, 0.4) is 0 Å². The molecule has 1 unspecified atom stereocenters. The van der Waals surface area contributed by atoms with Gasteiger partial charge in [0.2, 0.25) is 5.99 Å². The quantitative estimate of drug-likeness (QED) is 0.352. The van der Waals surface area contributed by atoms with Gasteiger partial charge in [0.05, 0.1) is 0 Å². The first kappa shape index (κ1) is 15.9. The van der Waals surface area contributed by atoms with E-state index in [1.165, 1.54) is 24.7 Å². The molecule has 0 amide bonds. The Morgan fingerprint density at radius 3 is 2.25 bits per heavy atom. The van der Waals surface area contributed by atoms with Crippen LogP contribution in [0.5, 0.6) is 0 Å². The van der Waals surface area contributed by atoms with Crippen molar-refractivity contribution in [2.24, 2.45) is 5.92 Å². The second-order valence-corrected chi connectivity index (χ2v) is 5.54. The van der Waals surface area contributed by atoms with Crippen LogP contribution in [0, 0.1) is 5.92 Å². The first-order valence-electron chi connectivity index (χ1n) is 6.45. The third kappa shape index (κ3) is 5.29. The maximum atomic E-state index is 4.62. The van der Waals surface area contributed by atoms with Crippen LogP contribution in [-0.4, -0.2) is 5.99 Å². The Bertz CT molecular complexity index is 255. The molecule has 1 atom stereocenters. The molecule has 0 saturated carbocycles. The molecule has 0 aromatic heterocycles. The smallest absolute Gasteiger partial charge is 0.220 e. The standard InChI is InChI=1S/C14H27BS/c1-7-9-14(10-15(16)11(3)4)13(6)12(5)8-2/h12,16H,3,7-10H2,1-2,4-6H3/b14-13-. The monoisotopic (exact) mass is 238 g/mol. The van der Waals surface area contributed by atoms with Crippen LogP contribution in [0.15, 0.2) is 23.2 Å². The lowest BCUT2D eigenvalue weighted by atomic mass is 9.62. The van der Waals surface area contributed by atoms with E-state index in [0.717, 1.165) is 6.32 Å². The van der Waals surface area contributed by atoms with E-state index in [9.17, 15) is 0 Å². The van der Waals surface area contributed by atoms with Crippen molar-refractivity contribution in [1.82, 2.24) is 0 Å². The van der Waals surface area contributed by atoms with Crippen molar-refractivity contribution in [3.8, 4) is 0 Å². The number of hydrogen-bond donors (Lipinski definition) is 1. The minimum atomic E-state index is 0.320. The third-order valence-electron chi connectivity index (χ3n) is 3.47. The topological polar surface area (TPSA) is 0 Å². The third-order valence-corrected chi connectivity index (χ3v) is 4.09. The molecule has 16 heavy (non-hydrogen) atoms. The minimum Gasteiger partial charge on any atom is -0.220 e. The lowest BCUT2D eigenvalue weighted by Gasteiger charge is -2.18. The average molecular weight is 238 g/mol. The fourth-order valence-corrected chi connectivity index (χ4v) is 2.04. The summed E-state index contributed by atoms with van der Waals surface area (Å²) >= 11 is 4.62. The first-order valence-corrected chi connectivity index (χ1v) is 6.97. The van der Waals surface area contributed by atoms with Crippen LogP contribution in [0.4, 0.5) is 0 Å². The second-order valence-electron chi connectivity index (χ2n) is 4.91. The van der Waals surface area contributed by atoms with Gasteiger partial charge in [-0.25, -0.2) is 12.5 Å². The fraction of sp³-hybridized carbons (Fsp3) is 0.714. The molecular weight excluding hydrogens is 211 g/mol. The number of thiol groups is 1. The summed E-state index contributed by atoms with van der Waals surface area (Å²) in [5.74, 6) is 1.02. The SMILES string of the molecule is C=C(C)B(S)C/C(CCC)=C(/C)C(C)CC. The molecule has 0 saturated heterocycles. The second kappa shape index (κ2) is 8.05. The fourth-order valence-electron chi connectivity index (χ4n) is 1.82. The number of rotatable bonds is 7. The average Bonchev–Trinajstić information content (AvgIpc) is 2.26. The van der Waals surface area contributed by atoms with Gasteiger partial charge in [-0.3, -0.25) is 0 Å². The van der Waals surface area contributed by atoms with Crippen LogP contribution in [-0.2, 0) is 0 Å². The van der Waals surface area contributed by atoms with Crippen LogP contribution in [0.25, 0.3) is 0 Å². The van der Waals surface area contributed by atoms with Gasteiger partial charge in [0.15, 0.2) is 0 Å². The highest BCUT2D eigenvalue weighted by molar-refractivity contribution is 8.11. The minimum absolute atomic E-state index is 0.320. The maximum Gasteiger partial charge on any atom is 0.236 e. The summed E-state index contributed by atoms with van der Waals surface area (Å²) in [6, 6.07) is 0. The van der Waals surface area contributed by atoms with Gasteiger partial charge < -0.3 is 0 Å². The number of hydrogen-bond acceptors (Lipinski definition) is 1. The van der Waals surface area contributed by atoms with E-state index in [1.54, 1.807) is 11.1 Å². The van der Waals surface area contributed by atoms with Crippen molar-refractivity contribution >= 4 is 18.5 Å². The van der Waals surface area contributed by atoms with Crippen LogP contribution in [0.1, 0.15) is 53.9 Å². The number of allylic oxidation sites excluding steroid dienone is 3. The van der Waals surface area contributed by atoms with Crippen molar-refractivity contribution in [2.75, 3.05) is 0 Å². The summed E-state index contributed by atoms with van der Waals surface area (Å²) in [6.07, 6.45) is 4.73. The van der Waals surface area contributed by atoms with Crippen LogP contribution < -0.4 is 0 Å². The van der Waals surface area contributed by atoms with Crippen LogP contribution >= 0.6 is 12.5 Å². The molecule has 92 valence electrons. The normalized spacial score (nSPS) is 14.4. The highest BCUT2D eigenvalue weighted by Crippen LogP contribution is 2.27. The van der Waals surface area contributed by atoms with Crippen molar-refractivity contribution in [3.05, 3.63) is 23.2 Å². The molecule has 0 heterocycles. The van der Waals surface area contributed by atoms with E-state index in [2.05, 4.69) is 53.7 Å². The maximum absolute atomic E-state index is 4.62. The van der Waals surface area contributed by atoms with Gasteiger partial charge in [-0.1, -0.05) is 50.7 Å². The summed E-state index contributed by atoms with van der Waals surface area (Å²) in [6.45, 7) is 15.2. The molecule has 0 fully saturated rings. The first-order chi connectivity index (χ1) is 7.43. The molecule has 0 aromatic rings. The van der Waals surface area contributed by atoms with Gasteiger partial charge in [-0.15, -0.1) is 6.58 Å². The zero-order valence-electron chi connectivity index (χ0n) is 11.6. The predicted octanol–water partition coefficient (Wildman–Crippen LogP) is 5.19. The van der Waals surface area contributed by atoms with Gasteiger partial charge >= 0.3 is 0 Å². The highest BCUT2D eigenvalue weighted by Gasteiger charge is 2.15. The summed E-state index contributed by atoms with van der Waals surface area (Å²) in [5, 5.41) is 0. The zero-order valence-corrected chi connectivity index (χ0v) is 12.5. The Balaban J connectivity index is 4.77. The van der Waals surface area contributed by atoms with E-state index in [-0.39, 0.29) is 0 Å².